The van der Waals surface area contributed by atoms with Crippen molar-refractivity contribution in [1.82, 2.24) is 15.0 Å². The average Bonchev–Trinajstić information content (AvgIpc) is 3.36. The lowest BCUT2D eigenvalue weighted by Crippen LogP contribution is -2.57. The number of pyridine rings is 1. The van der Waals surface area contributed by atoms with Crippen molar-refractivity contribution >= 4 is 34.4 Å². The number of amides is 1. The van der Waals surface area contributed by atoms with Crippen LogP contribution in [-0.2, 0) is 4.79 Å². The first-order valence-corrected chi connectivity index (χ1v) is 11.6. The summed E-state index contributed by atoms with van der Waals surface area (Å²) in [6, 6.07) is 30.6. The maximum atomic E-state index is 13.1. The zero-order chi connectivity index (χ0) is 23.9. The van der Waals surface area contributed by atoms with Crippen LogP contribution in [0, 0.1) is 11.3 Å². The first-order chi connectivity index (χ1) is 17.2. The summed E-state index contributed by atoms with van der Waals surface area (Å²) >= 11 is 6.49. The van der Waals surface area contributed by atoms with Crippen LogP contribution in [0.2, 0.25) is 0 Å². The monoisotopic (exact) mass is 475 g/mol. The zero-order valence-corrected chi connectivity index (χ0v) is 19.1. The molecule has 1 saturated heterocycles. The van der Waals surface area contributed by atoms with Gasteiger partial charge in [-0.25, -0.2) is 9.97 Å². The van der Waals surface area contributed by atoms with Gasteiger partial charge in [0.2, 0.25) is 5.91 Å². The van der Waals surface area contributed by atoms with Crippen molar-refractivity contribution < 1.29 is 4.79 Å². The van der Waals surface area contributed by atoms with Gasteiger partial charge in [0.15, 0.2) is 11.6 Å². The topological polar surface area (TPSA) is 85.7 Å². The number of anilines is 1. The lowest BCUT2D eigenvalue weighted by Gasteiger charge is -2.44. The van der Waals surface area contributed by atoms with E-state index in [0.29, 0.717) is 22.6 Å². The average molecular weight is 476 g/mol. The van der Waals surface area contributed by atoms with Gasteiger partial charge >= 0.3 is 0 Å². The number of carbonyl (C=O) groups is 1. The number of hydrogen-bond acceptors (Lipinski definition) is 4. The number of nitrogens with zero attached hydrogens (tertiary/aromatic N) is 4. The largest absolute Gasteiger partial charge is 0.337 e. The molecule has 0 radical (unpaired) electrons. The Morgan fingerprint density at radius 2 is 1.60 bits per heavy atom. The normalized spacial score (nSPS) is 17.3. The Bertz CT molecular complexity index is 1570. The van der Waals surface area contributed by atoms with Gasteiger partial charge in [0, 0.05) is 5.56 Å². The molecule has 0 saturated carbocycles. The van der Waals surface area contributed by atoms with Crippen molar-refractivity contribution in [3.63, 3.8) is 0 Å². The Hall–Kier alpha value is -4.47. The third kappa shape index (κ3) is 3.45. The molecule has 2 atom stereocenters. The molecule has 6 nitrogen and oxygen atoms in total. The van der Waals surface area contributed by atoms with Gasteiger partial charge in [0.25, 0.3) is 0 Å². The number of benzene rings is 3. The zero-order valence-electron chi connectivity index (χ0n) is 18.4. The van der Waals surface area contributed by atoms with Crippen molar-refractivity contribution in [2.45, 2.75) is 11.4 Å². The Balaban J connectivity index is 1.59. The number of para-hydroxylation sites is 2. The predicted octanol–water partition coefficient (Wildman–Crippen LogP) is 5.86. The highest BCUT2D eigenvalue weighted by Crippen LogP contribution is 2.45. The van der Waals surface area contributed by atoms with E-state index in [0.717, 1.165) is 22.2 Å². The molecular formula is C28H18ClN5O. The number of aromatic amines is 1. The molecule has 1 N–H and O–H groups in total. The van der Waals surface area contributed by atoms with Gasteiger partial charge in [-0.2, -0.15) is 5.26 Å². The van der Waals surface area contributed by atoms with Crippen molar-refractivity contribution in [3.8, 4) is 28.7 Å². The second-order valence-electron chi connectivity index (χ2n) is 8.30. The molecule has 0 spiro atoms. The fourth-order valence-corrected chi connectivity index (χ4v) is 4.88. The van der Waals surface area contributed by atoms with E-state index in [1.165, 1.54) is 4.90 Å². The first kappa shape index (κ1) is 21.1. The minimum Gasteiger partial charge on any atom is -0.337 e. The summed E-state index contributed by atoms with van der Waals surface area (Å²) in [7, 11) is 0. The highest BCUT2D eigenvalue weighted by Gasteiger charge is 2.49. The molecule has 1 aliphatic rings. The van der Waals surface area contributed by atoms with Gasteiger partial charge in [-0.05, 0) is 29.3 Å². The van der Waals surface area contributed by atoms with E-state index in [9.17, 15) is 10.1 Å². The summed E-state index contributed by atoms with van der Waals surface area (Å²) in [4.78, 5) is 27.4. The molecule has 0 bridgehead atoms. The fraction of sp³-hybridized carbons (Fsp3) is 0.0714. The number of fused-ring (bicyclic) bond motifs is 1. The number of hydrogen-bond donors (Lipinski definition) is 1. The minimum atomic E-state index is -0.735. The number of β-lactam (4-membered cyclic amide) rings is 1. The molecule has 1 amide bonds. The summed E-state index contributed by atoms with van der Waals surface area (Å²) in [6.07, 6.45) is 0. The smallest absolute Gasteiger partial charge is 0.249 e. The summed E-state index contributed by atoms with van der Waals surface area (Å²) in [5.74, 6) is 0.547. The highest BCUT2D eigenvalue weighted by atomic mass is 35.5. The molecule has 168 valence electrons. The van der Waals surface area contributed by atoms with Gasteiger partial charge in [-0.3, -0.25) is 9.69 Å². The van der Waals surface area contributed by atoms with Gasteiger partial charge < -0.3 is 4.98 Å². The quantitative estimate of drug-likeness (QED) is 0.260. The molecule has 2 unspecified atom stereocenters. The second-order valence-corrected chi connectivity index (χ2v) is 8.77. The molecule has 6 rings (SSSR count). The molecule has 3 heterocycles. The van der Waals surface area contributed by atoms with Crippen LogP contribution in [0.4, 0.5) is 5.82 Å². The standard InChI is InChI=1S/C28H18ClN5O/c29-24-25(18-11-5-2-6-12-18)34(28(24)35)27-20(16-30)19(17-9-3-1-4-10-17)15-23(33-27)26-31-21-13-7-8-14-22(21)32-26/h1-15,24-25H,(H,31,32). The first-order valence-electron chi connectivity index (χ1n) is 11.1. The van der Waals surface area contributed by atoms with Crippen LogP contribution in [0.15, 0.2) is 91.0 Å². The van der Waals surface area contributed by atoms with Crippen molar-refractivity contribution in [2.75, 3.05) is 4.90 Å². The molecule has 35 heavy (non-hydrogen) atoms. The van der Waals surface area contributed by atoms with E-state index in [-0.39, 0.29) is 11.7 Å². The van der Waals surface area contributed by atoms with Crippen LogP contribution in [0.5, 0.6) is 0 Å². The number of carbonyl (C=O) groups excluding carboxylic acids is 1. The van der Waals surface area contributed by atoms with Crippen LogP contribution in [-0.4, -0.2) is 26.2 Å². The number of H-pyrrole nitrogens is 1. The van der Waals surface area contributed by atoms with Crippen LogP contribution in [0.1, 0.15) is 17.2 Å². The van der Waals surface area contributed by atoms with Gasteiger partial charge in [0.1, 0.15) is 22.7 Å². The summed E-state index contributed by atoms with van der Waals surface area (Å²) in [6.45, 7) is 0. The number of rotatable bonds is 4. The number of halogens is 1. The van der Waals surface area contributed by atoms with E-state index in [4.69, 9.17) is 21.6 Å². The summed E-state index contributed by atoms with van der Waals surface area (Å²) in [5.41, 5.74) is 4.93. The van der Waals surface area contributed by atoms with Crippen molar-refractivity contribution in [1.29, 1.82) is 5.26 Å². The number of aromatic nitrogens is 3. The molecule has 2 aromatic heterocycles. The van der Waals surface area contributed by atoms with E-state index >= 15 is 0 Å². The molecule has 3 aromatic carbocycles. The van der Waals surface area contributed by atoms with Gasteiger partial charge in [0.05, 0.1) is 17.1 Å². The maximum Gasteiger partial charge on any atom is 0.249 e. The maximum absolute atomic E-state index is 13.1. The predicted molar refractivity (Wildman–Crippen MR) is 136 cm³/mol. The Morgan fingerprint density at radius 3 is 2.31 bits per heavy atom. The molecule has 1 fully saturated rings. The lowest BCUT2D eigenvalue weighted by molar-refractivity contribution is -0.123. The molecule has 1 aliphatic heterocycles. The number of nitriles is 1. The Labute approximate surface area is 206 Å². The van der Waals surface area contributed by atoms with Crippen LogP contribution in [0.25, 0.3) is 33.7 Å². The van der Waals surface area contributed by atoms with E-state index < -0.39 is 11.4 Å². The Kier molecular flexibility index (Phi) is 5.05. The third-order valence-corrected chi connectivity index (χ3v) is 6.65. The summed E-state index contributed by atoms with van der Waals surface area (Å²) in [5, 5.41) is 9.49. The summed E-state index contributed by atoms with van der Waals surface area (Å²) < 4.78 is 0. The molecular weight excluding hydrogens is 458 g/mol. The van der Waals surface area contributed by atoms with Gasteiger partial charge in [-0.15, -0.1) is 11.6 Å². The highest BCUT2D eigenvalue weighted by molar-refractivity contribution is 6.37. The fourth-order valence-electron chi connectivity index (χ4n) is 4.52. The van der Waals surface area contributed by atoms with Crippen LogP contribution in [0.3, 0.4) is 0 Å². The molecule has 0 aliphatic carbocycles. The third-order valence-electron chi connectivity index (χ3n) is 6.23. The van der Waals surface area contributed by atoms with E-state index in [1.807, 2.05) is 91.0 Å². The number of imidazole rings is 1. The number of nitrogens with one attached hydrogen (secondary N) is 1. The lowest BCUT2D eigenvalue weighted by atomic mass is 9.91. The molecule has 5 aromatic rings. The van der Waals surface area contributed by atoms with E-state index in [2.05, 4.69) is 11.1 Å². The van der Waals surface area contributed by atoms with Crippen LogP contribution >= 0.6 is 11.6 Å². The van der Waals surface area contributed by atoms with Crippen LogP contribution < -0.4 is 4.90 Å². The van der Waals surface area contributed by atoms with Crippen molar-refractivity contribution in [3.05, 3.63) is 102 Å². The minimum absolute atomic E-state index is 0.278. The van der Waals surface area contributed by atoms with Crippen molar-refractivity contribution in [2.24, 2.45) is 0 Å². The van der Waals surface area contributed by atoms with Gasteiger partial charge in [-0.1, -0.05) is 72.8 Å². The Morgan fingerprint density at radius 1 is 0.914 bits per heavy atom. The second kappa shape index (κ2) is 8.39. The SMILES string of the molecule is N#Cc1c(-c2ccccc2)cc(-c2nc3ccccc3[nH]2)nc1N1C(=O)C(Cl)C1c1ccccc1. The number of alkyl halides is 1. The molecule has 7 heteroatoms. The van der Waals surface area contributed by atoms with E-state index in [1.54, 1.807) is 0 Å².